The van der Waals surface area contributed by atoms with Crippen LogP contribution in [0.4, 0.5) is 14.5 Å². The van der Waals surface area contributed by atoms with Gasteiger partial charge in [-0.3, -0.25) is 9.59 Å². The number of ether oxygens (including phenoxy) is 1. The number of nitrogens with one attached hydrogen (secondary N) is 1. The molecule has 0 saturated carbocycles. The summed E-state index contributed by atoms with van der Waals surface area (Å²) < 4.78 is 29.2. The Balaban J connectivity index is 2.44. The topological polar surface area (TPSA) is 55.4 Å². The molecule has 1 N–H and O–H groups in total. The molecule has 0 bridgehead atoms. The normalized spacial score (nSPS) is 12.0. The van der Waals surface area contributed by atoms with E-state index in [1.165, 1.54) is 23.9 Å². The van der Waals surface area contributed by atoms with Gasteiger partial charge in [-0.1, -0.05) is 11.8 Å². The van der Waals surface area contributed by atoms with Crippen molar-refractivity contribution >= 4 is 41.1 Å². The van der Waals surface area contributed by atoms with Gasteiger partial charge >= 0.3 is 5.97 Å². The third-order valence-electron chi connectivity index (χ3n) is 2.47. The van der Waals surface area contributed by atoms with E-state index in [0.29, 0.717) is 29.0 Å². The van der Waals surface area contributed by atoms with E-state index in [-0.39, 0.29) is 17.6 Å². The lowest BCUT2D eigenvalue weighted by molar-refractivity contribution is -0.139. The first kappa shape index (κ1) is 18.8. The van der Waals surface area contributed by atoms with Crippen molar-refractivity contribution in [2.75, 3.05) is 17.7 Å². The molecular formula is C14H17F2NO3S2. The van der Waals surface area contributed by atoms with Crippen LogP contribution in [-0.2, 0) is 14.3 Å². The van der Waals surface area contributed by atoms with Crippen molar-refractivity contribution in [1.29, 1.82) is 0 Å². The Hall–Kier alpha value is -1.28. The van der Waals surface area contributed by atoms with Gasteiger partial charge in [0.15, 0.2) is 0 Å². The highest BCUT2D eigenvalue weighted by molar-refractivity contribution is 8.01. The number of hydrogen-bond donors (Lipinski definition) is 1. The lowest BCUT2D eigenvalue weighted by Gasteiger charge is -2.12. The largest absolute Gasteiger partial charge is 0.465 e. The van der Waals surface area contributed by atoms with Crippen LogP contribution in [0.3, 0.4) is 0 Å². The molecule has 8 heteroatoms. The van der Waals surface area contributed by atoms with Crippen molar-refractivity contribution < 1.29 is 23.1 Å². The summed E-state index contributed by atoms with van der Waals surface area (Å²) in [7, 11) is 0. The highest BCUT2D eigenvalue weighted by Gasteiger charge is 2.16. The minimum Gasteiger partial charge on any atom is -0.465 e. The summed E-state index contributed by atoms with van der Waals surface area (Å²) >= 11 is 1.62. The summed E-state index contributed by atoms with van der Waals surface area (Å²) in [4.78, 5) is 23.6. The Bertz CT molecular complexity index is 497. The molecule has 0 saturated heterocycles. The number of benzene rings is 1. The number of amides is 1. The van der Waals surface area contributed by atoms with Crippen LogP contribution in [0.15, 0.2) is 29.2 Å². The second-order valence-electron chi connectivity index (χ2n) is 4.15. The molecule has 0 spiro atoms. The van der Waals surface area contributed by atoms with Crippen molar-refractivity contribution in [2.24, 2.45) is 0 Å². The van der Waals surface area contributed by atoms with E-state index in [2.05, 4.69) is 5.32 Å². The maximum atomic E-state index is 12.2. The van der Waals surface area contributed by atoms with Crippen molar-refractivity contribution in [3.8, 4) is 0 Å². The van der Waals surface area contributed by atoms with Crippen LogP contribution in [0.5, 0.6) is 0 Å². The number of halogens is 2. The highest BCUT2D eigenvalue weighted by Crippen LogP contribution is 2.26. The molecule has 0 fully saturated rings. The quantitative estimate of drug-likeness (QED) is 0.574. The molecule has 1 aromatic rings. The third kappa shape index (κ3) is 7.13. The number of carbonyl (C=O) groups is 2. The molecule has 22 heavy (non-hydrogen) atoms. The SMILES string of the molecule is CCOC(=O)CS[C@@H](C)C(=O)Nc1ccc(SC(F)F)cc1. The first-order valence-corrected chi connectivity index (χ1v) is 8.48. The molecule has 0 unspecified atom stereocenters. The van der Waals surface area contributed by atoms with Crippen molar-refractivity contribution in [2.45, 2.75) is 29.8 Å². The average Bonchev–Trinajstić information content (AvgIpc) is 2.46. The Morgan fingerprint density at radius 1 is 1.27 bits per heavy atom. The first-order valence-electron chi connectivity index (χ1n) is 6.55. The predicted molar refractivity (Wildman–Crippen MR) is 85.5 cm³/mol. The molecular weight excluding hydrogens is 332 g/mol. The predicted octanol–water partition coefficient (Wildman–Crippen LogP) is 3.62. The van der Waals surface area contributed by atoms with E-state index in [9.17, 15) is 18.4 Å². The van der Waals surface area contributed by atoms with Crippen LogP contribution in [-0.4, -0.2) is 35.2 Å². The van der Waals surface area contributed by atoms with Gasteiger partial charge in [-0.15, -0.1) is 11.8 Å². The van der Waals surface area contributed by atoms with Gasteiger partial charge in [0.05, 0.1) is 17.6 Å². The molecule has 1 atom stereocenters. The van der Waals surface area contributed by atoms with Gasteiger partial charge < -0.3 is 10.1 Å². The number of alkyl halides is 2. The summed E-state index contributed by atoms with van der Waals surface area (Å²) in [6, 6.07) is 6.16. The Morgan fingerprint density at radius 2 is 1.91 bits per heavy atom. The smallest absolute Gasteiger partial charge is 0.315 e. The molecule has 0 aliphatic heterocycles. The fourth-order valence-corrected chi connectivity index (χ4v) is 2.61. The molecule has 0 radical (unpaired) electrons. The molecule has 0 aliphatic carbocycles. The zero-order chi connectivity index (χ0) is 16.5. The number of esters is 1. The van der Waals surface area contributed by atoms with Crippen LogP contribution < -0.4 is 5.32 Å². The number of carbonyl (C=O) groups excluding carboxylic acids is 2. The van der Waals surface area contributed by atoms with Crippen molar-refractivity contribution in [3.05, 3.63) is 24.3 Å². The van der Waals surface area contributed by atoms with Crippen LogP contribution in [0.2, 0.25) is 0 Å². The molecule has 1 rings (SSSR count). The number of hydrogen-bond acceptors (Lipinski definition) is 5. The van der Waals surface area contributed by atoms with Gasteiger partial charge in [0.25, 0.3) is 5.76 Å². The third-order valence-corrected chi connectivity index (χ3v) is 4.31. The Morgan fingerprint density at radius 3 is 2.45 bits per heavy atom. The van der Waals surface area contributed by atoms with E-state index < -0.39 is 11.0 Å². The lowest BCUT2D eigenvalue weighted by atomic mass is 10.3. The van der Waals surface area contributed by atoms with Crippen LogP contribution >= 0.6 is 23.5 Å². The lowest BCUT2D eigenvalue weighted by Crippen LogP contribution is -2.24. The number of anilines is 1. The fraction of sp³-hybridized carbons (Fsp3) is 0.429. The van der Waals surface area contributed by atoms with Gasteiger partial charge in [-0.25, -0.2) is 0 Å². The summed E-state index contributed by atoms with van der Waals surface area (Å²) in [6.07, 6.45) is 0. The summed E-state index contributed by atoms with van der Waals surface area (Å²) in [5.41, 5.74) is 0.521. The number of rotatable bonds is 8. The molecule has 0 aromatic heterocycles. The zero-order valence-electron chi connectivity index (χ0n) is 12.2. The molecule has 0 aliphatic rings. The summed E-state index contributed by atoms with van der Waals surface area (Å²) in [6.45, 7) is 3.71. The van der Waals surface area contributed by atoms with Gasteiger partial charge in [0, 0.05) is 10.6 Å². The first-order chi connectivity index (χ1) is 10.4. The second kappa shape index (κ2) is 9.68. The van der Waals surface area contributed by atoms with Crippen molar-refractivity contribution in [3.63, 3.8) is 0 Å². The monoisotopic (exact) mass is 349 g/mol. The van der Waals surface area contributed by atoms with Crippen LogP contribution in [0.25, 0.3) is 0 Å². The van der Waals surface area contributed by atoms with Crippen molar-refractivity contribution in [1.82, 2.24) is 0 Å². The molecule has 122 valence electrons. The maximum Gasteiger partial charge on any atom is 0.315 e. The van der Waals surface area contributed by atoms with E-state index in [0.717, 1.165) is 0 Å². The van der Waals surface area contributed by atoms with Gasteiger partial charge in [0.1, 0.15) is 0 Å². The Labute approximate surface area is 136 Å². The average molecular weight is 349 g/mol. The summed E-state index contributed by atoms with van der Waals surface area (Å²) in [5, 5.41) is 2.24. The molecule has 1 aromatic carbocycles. The van der Waals surface area contributed by atoms with Crippen LogP contribution in [0.1, 0.15) is 13.8 Å². The minimum atomic E-state index is -2.47. The number of thioether (sulfide) groups is 2. The Kier molecular flexibility index (Phi) is 8.26. The van der Waals surface area contributed by atoms with E-state index in [1.54, 1.807) is 26.0 Å². The van der Waals surface area contributed by atoms with Crippen LogP contribution in [0, 0.1) is 0 Å². The summed E-state index contributed by atoms with van der Waals surface area (Å²) in [5.74, 6) is -2.99. The molecule has 4 nitrogen and oxygen atoms in total. The second-order valence-corrected chi connectivity index (χ2v) is 6.54. The molecule has 1 amide bonds. The maximum absolute atomic E-state index is 12.2. The standard InChI is InChI=1S/C14H17F2NO3S2/c1-3-20-12(18)8-21-9(2)13(19)17-10-4-6-11(7-5-10)22-14(15)16/h4-7,9,14H,3,8H2,1-2H3,(H,17,19)/t9-/m0/s1. The van der Waals surface area contributed by atoms with Gasteiger partial charge in [-0.05, 0) is 38.1 Å². The van der Waals surface area contributed by atoms with E-state index in [1.807, 2.05) is 0 Å². The fourth-order valence-electron chi connectivity index (χ4n) is 1.43. The van der Waals surface area contributed by atoms with Gasteiger partial charge in [0.2, 0.25) is 5.91 Å². The van der Waals surface area contributed by atoms with Gasteiger partial charge in [-0.2, -0.15) is 8.78 Å². The minimum absolute atomic E-state index is 0.104. The highest BCUT2D eigenvalue weighted by atomic mass is 32.2. The molecule has 0 heterocycles. The zero-order valence-corrected chi connectivity index (χ0v) is 13.8. The van der Waals surface area contributed by atoms with E-state index >= 15 is 0 Å². The van der Waals surface area contributed by atoms with E-state index in [4.69, 9.17) is 4.74 Å².